The molecule has 2 aliphatic rings. The molecule has 1 saturated carbocycles. The molecule has 0 radical (unpaired) electrons. The van der Waals surface area contributed by atoms with Crippen LogP contribution in [0.5, 0.6) is 0 Å². The fraction of sp³-hybridized carbons (Fsp3) is 0.789. The molecule has 2 heterocycles. The first-order chi connectivity index (χ1) is 11.6. The highest BCUT2D eigenvalue weighted by Crippen LogP contribution is 2.27. The molecule has 0 aromatic carbocycles. The molecule has 0 bridgehead atoms. The van der Waals surface area contributed by atoms with E-state index in [4.69, 9.17) is 0 Å². The number of nitrogens with zero attached hydrogens (tertiary/aromatic N) is 3. The zero-order valence-corrected chi connectivity index (χ0v) is 16.0. The van der Waals surface area contributed by atoms with Crippen molar-refractivity contribution in [1.82, 2.24) is 14.8 Å². The van der Waals surface area contributed by atoms with E-state index in [9.17, 15) is 4.79 Å². The Kier molecular flexibility index (Phi) is 6.28. The van der Waals surface area contributed by atoms with Crippen LogP contribution in [0.1, 0.15) is 55.5 Å². The van der Waals surface area contributed by atoms with Gasteiger partial charge in [0.2, 0.25) is 5.91 Å². The van der Waals surface area contributed by atoms with E-state index >= 15 is 0 Å². The predicted molar refractivity (Wildman–Crippen MR) is 99.4 cm³/mol. The molecule has 3 rings (SSSR count). The summed E-state index contributed by atoms with van der Waals surface area (Å²) in [7, 11) is 1.96. The second-order valence-electron chi connectivity index (χ2n) is 7.47. The second-order valence-corrected chi connectivity index (χ2v) is 8.41. The SMILES string of the molecule is Cc1ncsc1CCN(C)C(=O)C1CCN(C2CCCCC2)CC1. The van der Waals surface area contributed by atoms with Gasteiger partial charge in [0.1, 0.15) is 0 Å². The zero-order chi connectivity index (χ0) is 16.9. The smallest absolute Gasteiger partial charge is 0.225 e. The molecule has 4 nitrogen and oxygen atoms in total. The van der Waals surface area contributed by atoms with E-state index in [1.807, 2.05) is 17.5 Å². The lowest BCUT2D eigenvalue weighted by molar-refractivity contribution is -0.136. The van der Waals surface area contributed by atoms with Crippen LogP contribution in [0, 0.1) is 12.8 Å². The molecule has 0 spiro atoms. The summed E-state index contributed by atoms with van der Waals surface area (Å²) in [5.41, 5.74) is 3.01. The van der Waals surface area contributed by atoms with Gasteiger partial charge in [0.25, 0.3) is 0 Å². The molecule has 0 atom stereocenters. The van der Waals surface area contributed by atoms with Gasteiger partial charge in [-0.05, 0) is 45.7 Å². The largest absolute Gasteiger partial charge is 0.345 e. The third-order valence-electron chi connectivity index (χ3n) is 5.87. The van der Waals surface area contributed by atoms with Gasteiger partial charge in [-0.1, -0.05) is 19.3 Å². The van der Waals surface area contributed by atoms with Gasteiger partial charge in [0.15, 0.2) is 0 Å². The summed E-state index contributed by atoms with van der Waals surface area (Å²) < 4.78 is 0. The number of hydrogen-bond donors (Lipinski definition) is 0. The number of likely N-dealkylation sites (tertiary alicyclic amines) is 1. The van der Waals surface area contributed by atoms with Gasteiger partial charge in [0, 0.05) is 36.9 Å². The molecular formula is C19H31N3OS. The maximum absolute atomic E-state index is 12.7. The summed E-state index contributed by atoms with van der Waals surface area (Å²) in [4.78, 5) is 22.9. The number of carbonyl (C=O) groups is 1. The summed E-state index contributed by atoms with van der Waals surface area (Å²) in [6, 6.07) is 0.793. The number of aromatic nitrogens is 1. The minimum absolute atomic E-state index is 0.234. The highest BCUT2D eigenvalue weighted by molar-refractivity contribution is 7.09. The maximum Gasteiger partial charge on any atom is 0.225 e. The summed E-state index contributed by atoms with van der Waals surface area (Å²) >= 11 is 1.70. The molecule has 1 aliphatic carbocycles. The molecule has 24 heavy (non-hydrogen) atoms. The number of piperidine rings is 1. The van der Waals surface area contributed by atoms with E-state index in [-0.39, 0.29) is 5.92 Å². The standard InChI is InChI=1S/C19H31N3OS/c1-15-18(24-14-20-15)10-11-21(2)19(23)16-8-12-22(13-9-16)17-6-4-3-5-7-17/h14,16-17H,3-13H2,1-2H3. The Bertz CT molecular complexity index is 530. The van der Waals surface area contributed by atoms with Crippen LogP contribution in [0.3, 0.4) is 0 Å². The molecule has 1 saturated heterocycles. The Labute approximate surface area is 150 Å². The molecule has 5 heteroatoms. The van der Waals surface area contributed by atoms with Gasteiger partial charge in [-0.15, -0.1) is 11.3 Å². The molecule has 134 valence electrons. The molecule has 0 unspecified atom stereocenters. The van der Waals surface area contributed by atoms with Crippen LogP contribution >= 0.6 is 11.3 Å². The number of likely N-dealkylation sites (N-methyl/N-ethyl adjacent to an activating group) is 1. The molecule has 0 N–H and O–H groups in total. The Morgan fingerprint density at radius 2 is 1.96 bits per heavy atom. The van der Waals surface area contributed by atoms with E-state index in [1.54, 1.807) is 11.3 Å². The summed E-state index contributed by atoms with van der Waals surface area (Å²) in [5, 5.41) is 0. The summed E-state index contributed by atoms with van der Waals surface area (Å²) in [6.45, 7) is 5.09. The Morgan fingerprint density at radius 1 is 1.25 bits per heavy atom. The monoisotopic (exact) mass is 349 g/mol. The lowest BCUT2D eigenvalue weighted by Crippen LogP contribution is -2.46. The molecule has 1 aliphatic heterocycles. The van der Waals surface area contributed by atoms with E-state index in [1.165, 1.54) is 37.0 Å². The predicted octanol–water partition coefficient (Wildman–Crippen LogP) is 3.50. The molecular weight excluding hydrogens is 318 g/mol. The Balaban J connectivity index is 1.43. The third-order valence-corrected chi connectivity index (χ3v) is 6.86. The van der Waals surface area contributed by atoms with Crippen molar-refractivity contribution in [3.63, 3.8) is 0 Å². The first-order valence-corrected chi connectivity index (χ1v) is 10.4. The molecule has 2 fully saturated rings. The first-order valence-electron chi connectivity index (χ1n) is 9.53. The van der Waals surface area contributed by atoms with Crippen molar-refractivity contribution in [1.29, 1.82) is 0 Å². The van der Waals surface area contributed by atoms with Crippen molar-refractivity contribution in [3.05, 3.63) is 16.1 Å². The molecule has 1 aromatic rings. The van der Waals surface area contributed by atoms with Crippen molar-refractivity contribution >= 4 is 17.2 Å². The number of thiazole rings is 1. The van der Waals surface area contributed by atoms with Gasteiger partial charge in [0.05, 0.1) is 11.2 Å². The van der Waals surface area contributed by atoms with E-state index < -0.39 is 0 Å². The molecule has 1 amide bonds. The van der Waals surface area contributed by atoms with Crippen molar-refractivity contribution in [2.24, 2.45) is 5.92 Å². The highest BCUT2D eigenvalue weighted by atomic mass is 32.1. The van der Waals surface area contributed by atoms with E-state index in [2.05, 4.69) is 16.8 Å². The maximum atomic E-state index is 12.7. The van der Waals surface area contributed by atoms with Gasteiger partial charge in [-0.25, -0.2) is 4.98 Å². The number of aryl methyl sites for hydroxylation is 1. The zero-order valence-electron chi connectivity index (χ0n) is 15.2. The van der Waals surface area contributed by atoms with Crippen LogP contribution in [-0.2, 0) is 11.2 Å². The van der Waals surface area contributed by atoms with E-state index in [0.717, 1.165) is 50.6 Å². The van der Waals surface area contributed by atoms with Gasteiger partial charge >= 0.3 is 0 Å². The van der Waals surface area contributed by atoms with Crippen LogP contribution in [0.15, 0.2) is 5.51 Å². The van der Waals surface area contributed by atoms with Crippen molar-refractivity contribution < 1.29 is 4.79 Å². The minimum atomic E-state index is 0.234. The topological polar surface area (TPSA) is 36.4 Å². The van der Waals surface area contributed by atoms with Crippen molar-refractivity contribution in [2.75, 3.05) is 26.7 Å². The van der Waals surface area contributed by atoms with Crippen LogP contribution in [0.2, 0.25) is 0 Å². The fourth-order valence-electron chi connectivity index (χ4n) is 4.21. The number of carbonyl (C=O) groups excluding carboxylic acids is 1. The van der Waals surface area contributed by atoms with Gasteiger partial charge in [-0.3, -0.25) is 4.79 Å². The number of rotatable bonds is 5. The Hall–Kier alpha value is -0.940. The average Bonchev–Trinajstić information content (AvgIpc) is 3.05. The lowest BCUT2D eigenvalue weighted by Gasteiger charge is -2.39. The average molecular weight is 350 g/mol. The number of hydrogen-bond acceptors (Lipinski definition) is 4. The first kappa shape index (κ1) is 17.9. The quantitative estimate of drug-likeness (QED) is 0.816. The van der Waals surface area contributed by atoms with E-state index in [0.29, 0.717) is 5.91 Å². The third kappa shape index (κ3) is 4.37. The fourth-order valence-corrected chi connectivity index (χ4v) is 4.99. The van der Waals surface area contributed by atoms with Crippen LogP contribution in [0.4, 0.5) is 0 Å². The summed E-state index contributed by atoms with van der Waals surface area (Å²) in [5.74, 6) is 0.581. The highest BCUT2D eigenvalue weighted by Gasteiger charge is 2.30. The van der Waals surface area contributed by atoms with Crippen molar-refractivity contribution in [3.8, 4) is 0 Å². The van der Waals surface area contributed by atoms with Crippen LogP contribution in [0.25, 0.3) is 0 Å². The molecule has 1 aromatic heterocycles. The van der Waals surface area contributed by atoms with Crippen molar-refractivity contribution in [2.45, 2.75) is 64.3 Å². The van der Waals surface area contributed by atoms with Gasteiger partial charge < -0.3 is 9.80 Å². The summed E-state index contributed by atoms with van der Waals surface area (Å²) in [6.07, 6.45) is 9.94. The Morgan fingerprint density at radius 3 is 2.58 bits per heavy atom. The van der Waals surface area contributed by atoms with Crippen LogP contribution in [-0.4, -0.2) is 53.4 Å². The normalized spacial score (nSPS) is 21.1. The lowest BCUT2D eigenvalue weighted by atomic mass is 9.89. The van der Waals surface area contributed by atoms with Gasteiger partial charge in [-0.2, -0.15) is 0 Å². The minimum Gasteiger partial charge on any atom is -0.345 e. The van der Waals surface area contributed by atoms with Crippen LogP contribution < -0.4 is 0 Å². The number of amides is 1. The second kappa shape index (κ2) is 8.43.